The summed E-state index contributed by atoms with van der Waals surface area (Å²) in [6.45, 7) is 1.38. The van der Waals surface area contributed by atoms with Crippen molar-refractivity contribution in [2.24, 2.45) is 10.9 Å². The summed E-state index contributed by atoms with van der Waals surface area (Å²) in [7, 11) is 6.49. The molecule has 2 aromatic carbocycles. The van der Waals surface area contributed by atoms with E-state index in [1.54, 1.807) is 28.4 Å². The standard InChI is InChI=1S/C22H29N3O4.HI/c1-23-22(25-17-11-19(26-2)21(28-4)20(12-17)27-3)24-13-16-7-5-6-8-18(16)29-14-15-9-10-15;/h5-8,11-12,15H,9-10,13-14H2,1-4H3,(H2,23,24,25);1H. The highest BCUT2D eigenvalue weighted by atomic mass is 127. The molecule has 0 bridgehead atoms. The molecule has 164 valence electrons. The second-order valence-corrected chi connectivity index (χ2v) is 6.83. The van der Waals surface area contributed by atoms with Gasteiger partial charge in [-0.1, -0.05) is 18.2 Å². The number of rotatable bonds is 9. The molecule has 3 rings (SSSR count). The van der Waals surface area contributed by atoms with Crippen molar-refractivity contribution in [2.45, 2.75) is 19.4 Å². The number of nitrogens with one attached hydrogen (secondary N) is 2. The van der Waals surface area contributed by atoms with Gasteiger partial charge in [0.2, 0.25) is 5.75 Å². The maximum Gasteiger partial charge on any atom is 0.203 e. The van der Waals surface area contributed by atoms with Crippen molar-refractivity contribution in [3.05, 3.63) is 42.0 Å². The zero-order chi connectivity index (χ0) is 20.6. The highest BCUT2D eigenvalue weighted by Crippen LogP contribution is 2.39. The van der Waals surface area contributed by atoms with E-state index in [0.717, 1.165) is 23.6 Å². The van der Waals surface area contributed by atoms with Crippen LogP contribution in [0.25, 0.3) is 0 Å². The molecular formula is C22H30IN3O4. The molecule has 30 heavy (non-hydrogen) atoms. The summed E-state index contributed by atoms with van der Waals surface area (Å²) in [5.74, 6) is 3.94. The Morgan fingerprint density at radius 1 is 1.00 bits per heavy atom. The van der Waals surface area contributed by atoms with E-state index >= 15 is 0 Å². The van der Waals surface area contributed by atoms with Crippen molar-refractivity contribution in [2.75, 3.05) is 40.3 Å². The molecule has 0 aliphatic heterocycles. The van der Waals surface area contributed by atoms with Crippen LogP contribution in [0.1, 0.15) is 18.4 Å². The molecular weight excluding hydrogens is 497 g/mol. The topological polar surface area (TPSA) is 73.3 Å². The Bertz CT molecular complexity index is 831. The summed E-state index contributed by atoms with van der Waals surface area (Å²) in [6.07, 6.45) is 2.54. The first-order chi connectivity index (χ1) is 14.2. The fourth-order valence-electron chi connectivity index (χ4n) is 2.93. The first-order valence-corrected chi connectivity index (χ1v) is 9.66. The van der Waals surface area contributed by atoms with Crippen molar-refractivity contribution in [3.8, 4) is 23.0 Å². The zero-order valence-electron chi connectivity index (χ0n) is 17.9. The van der Waals surface area contributed by atoms with Gasteiger partial charge in [-0.15, -0.1) is 24.0 Å². The Morgan fingerprint density at radius 3 is 2.23 bits per heavy atom. The summed E-state index contributed by atoms with van der Waals surface area (Å²) in [5, 5.41) is 6.59. The second kappa shape index (κ2) is 11.7. The van der Waals surface area contributed by atoms with Gasteiger partial charge in [0.15, 0.2) is 17.5 Å². The lowest BCUT2D eigenvalue weighted by molar-refractivity contribution is 0.296. The van der Waals surface area contributed by atoms with Crippen molar-refractivity contribution in [1.29, 1.82) is 0 Å². The first-order valence-electron chi connectivity index (χ1n) is 9.66. The minimum absolute atomic E-state index is 0. The molecule has 1 aliphatic rings. The molecule has 0 saturated heterocycles. The second-order valence-electron chi connectivity index (χ2n) is 6.83. The molecule has 8 heteroatoms. The third kappa shape index (κ3) is 6.32. The van der Waals surface area contributed by atoms with Crippen molar-refractivity contribution in [3.63, 3.8) is 0 Å². The average Bonchev–Trinajstić information content (AvgIpc) is 3.59. The fourth-order valence-corrected chi connectivity index (χ4v) is 2.93. The summed E-state index contributed by atoms with van der Waals surface area (Å²) in [4.78, 5) is 4.31. The van der Waals surface area contributed by atoms with Crippen LogP contribution in [0.5, 0.6) is 23.0 Å². The molecule has 0 aromatic heterocycles. The number of ether oxygens (including phenoxy) is 4. The SMILES string of the molecule is CN=C(NCc1ccccc1OCC1CC1)Nc1cc(OC)c(OC)c(OC)c1.I. The fraction of sp³-hybridized carbons (Fsp3) is 0.409. The van der Waals surface area contributed by atoms with Gasteiger partial charge in [-0.25, -0.2) is 0 Å². The van der Waals surface area contributed by atoms with Crippen LogP contribution in [0.15, 0.2) is 41.4 Å². The maximum absolute atomic E-state index is 5.98. The maximum atomic E-state index is 5.98. The normalized spacial score (nSPS) is 13.1. The van der Waals surface area contributed by atoms with Crippen LogP contribution in [-0.4, -0.2) is 40.9 Å². The summed E-state index contributed by atoms with van der Waals surface area (Å²) in [6, 6.07) is 11.7. The number of para-hydroxylation sites is 1. The van der Waals surface area contributed by atoms with Gasteiger partial charge in [0, 0.05) is 37.0 Å². The molecule has 0 atom stereocenters. The number of hydrogen-bond acceptors (Lipinski definition) is 5. The number of benzene rings is 2. The molecule has 0 unspecified atom stereocenters. The predicted molar refractivity (Wildman–Crippen MR) is 130 cm³/mol. The third-order valence-corrected chi connectivity index (χ3v) is 4.74. The van der Waals surface area contributed by atoms with E-state index in [2.05, 4.69) is 21.7 Å². The van der Waals surface area contributed by atoms with Crippen molar-refractivity contribution in [1.82, 2.24) is 5.32 Å². The van der Waals surface area contributed by atoms with Crippen LogP contribution in [-0.2, 0) is 6.54 Å². The number of anilines is 1. The van der Waals surface area contributed by atoms with Gasteiger partial charge in [-0.3, -0.25) is 4.99 Å². The Balaban J connectivity index is 0.00000320. The van der Waals surface area contributed by atoms with E-state index in [1.807, 2.05) is 30.3 Å². The molecule has 0 spiro atoms. The van der Waals surface area contributed by atoms with E-state index < -0.39 is 0 Å². The van der Waals surface area contributed by atoms with E-state index in [-0.39, 0.29) is 24.0 Å². The molecule has 0 heterocycles. The van der Waals surface area contributed by atoms with E-state index in [0.29, 0.717) is 35.7 Å². The van der Waals surface area contributed by atoms with E-state index in [4.69, 9.17) is 18.9 Å². The number of guanidine groups is 1. The van der Waals surface area contributed by atoms with Gasteiger partial charge < -0.3 is 29.6 Å². The van der Waals surface area contributed by atoms with E-state index in [9.17, 15) is 0 Å². The minimum Gasteiger partial charge on any atom is -0.493 e. The van der Waals surface area contributed by atoms with Gasteiger partial charge in [-0.2, -0.15) is 0 Å². The molecule has 2 aromatic rings. The average molecular weight is 527 g/mol. The Kier molecular flexibility index (Phi) is 9.35. The Labute approximate surface area is 195 Å². The largest absolute Gasteiger partial charge is 0.493 e. The zero-order valence-corrected chi connectivity index (χ0v) is 20.2. The number of methoxy groups -OCH3 is 3. The molecule has 7 nitrogen and oxygen atoms in total. The van der Waals surface area contributed by atoms with Gasteiger partial charge in [0.1, 0.15) is 5.75 Å². The molecule has 1 aliphatic carbocycles. The molecule has 1 saturated carbocycles. The lowest BCUT2D eigenvalue weighted by Gasteiger charge is -2.17. The Hall–Kier alpha value is -2.36. The van der Waals surface area contributed by atoms with E-state index in [1.165, 1.54) is 12.8 Å². The summed E-state index contributed by atoms with van der Waals surface area (Å²) in [5.41, 5.74) is 1.85. The van der Waals surface area contributed by atoms with Crippen molar-refractivity contribution >= 4 is 35.6 Å². The monoisotopic (exact) mass is 527 g/mol. The van der Waals surface area contributed by atoms with Crippen molar-refractivity contribution < 1.29 is 18.9 Å². The molecule has 2 N–H and O–H groups in total. The van der Waals surface area contributed by atoms with Crippen LogP contribution >= 0.6 is 24.0 Å². The lowest BCUT2D eigenvalue weighted by atomic mass is 10.2. The highest BCUT2D eigenvalue weighted by Gasteiger charge is 2.22. The highest BCUT2D eigenvalue weighted by molar-refractivity contribution is 14.0. The van der Waals surface area contributed by atoms with Gasteiger partial charge in [0.05, 0.1) is 27.9 Å². The van der Waals surface area contributed by atoms with Crippen LogP contribution in [0.4, 0.5) is 5.69 Å². The molecule has 1 fully saturated rings. The Morgan fingerprint density at radius 2 is 1.67 bits per heavy atom. The summed E-state index contributed by atoms with van der Waals surface area (Å²) < 4.78 is 22.2. The van der Waals surface area contributed by atoms with Gasteiger partial charge in [-0.05, 0) is 24.8 Å². The minimum atomic E-state index is 0. The number of nitrogens with zero attached hydrogens (tertiary/aromatic N) is 1. The molecule has 0 amide bonds. The van der Waals surface area contributed by atoms with Gasteiger partial charge in [0.25, 0.3) is 0 Å². The van der Waals surface area contributed by atoms with Crippen LogP contribution < -0.4 is 29.6 Å². The quantitative estimate of drug-likeness (QED) is 0.288. The van der Waals surface area contributed by atoms with Crippen LogP contribution in [0.3, 0.4) is 0 Å². The third-order valence-electron chi connectivity index (χ3n) is 4.74. The summed E-state index contributed by atoms with van der Waals surface area (Å²) >= 11 is 0. The number of aliphatic imine (C=N–C) groups is 1. The predicted octanol–water partition coefficient (Wildman–Crippen LogP) is 4.31. The number of hydrogen-bond donors (Lipinski definition) is 2. The lowest BCUT2D eigenvalue weighted by Crippen LogP contribution is -2.30. The smallest absolute Gasteiger partial charge is 0.203 e. The van der Waals surface area contributed by atoms with Crippen LogP contribution in [0.2, 0.25) is 0 Å². The molecule has 0 radical (unpaired) electrons. The van der Waals surface area contributed by atoms with Gasteiger partial charge >= 0.3 is 0 Å². The number of halogens is 1. The first kappa shape index (κ1) is 23.9. The van der Waals surface area contributed by atoms with Crippen LogP contribution in [0, 0.1) is 5.92 Å².